The van der Waals surface area contributed by atoms with Crippen LogP contribution in [0, 0.1) is 0 Å². The van der Waals surface area contributed by atoms with Gasteiger partial charge in [-0.25, -0.2) is 23.2 Å². The average molecular weight is 596 g/mol. The van der Waals surface area contributed by atoms with Gasteiger partial charge in [0.1, 0.15) is 27.9 Å². The Morgan fingerprint density at radius 1 is 1.00 bits per heavy atom. The summed E-state index contributed by atoms with van der Waals surface area (Å²) in [6.45, 7) is 4.17. The Morgan fingerprint density at radius 3 is 2.37 bits per heavy atom. The molecule has 0 atom stereocenters. The number of ether oxygens (including phenoxy) is 1. The third-order valence-electron chi connectivity index (χ3n) is 5.58. The molecule has 0 saturated heterocycles. The maximum absolute atomic E-state index is 13.7. The summed E-state index contributed by atoms with van der Waals surface area (Å²) >= 11 is 1.50. The summed E-state index contributed by atoms with van der Waals surface area (Å²) < 4.78 is 34.0. The van der Waals surface area contributed by atoms with Crippen LogP contribution in [-0.4, -0.2) is 57.0 Å². The zero-order valence-corrected chi connectivity index (χ0v) is 24.3. The van der Waals surface area contributed by atoms with E-state index in [0.717, 1.165) is 21.0 Å². The van der Waals surface area contributed by atoms with Gasteiger partial charge in [-0.05, 0) is 50.6 Å². The van der Waals surface area contributed by atoms with E-state index in [1.54, 1.807) is 39.1 Å². The standard InChI is InChI=1S/C28H29N5O6S2/c1-28(2,3)39-27(36)33(19-25(34)35)24-8-4-6-22(31-24)18-32(41(37,38)23-7-5-13-29-16-23)17-20-9-11-21(12-10-20)26-30-14-15-40-26/h4-16H,17-19H2,1-3H3,(H,34,35). The van der Waals surface area contributed by atoms with Crippen LogP contribution in [0.5, 0.6) is 0 Å². The van der Waals surface area contributed by atoms with Crippen molar-refractivity contribution in [3.8, 4) is 10.6 Å². The minimum Gasteiger partial charge on any atom is -0.480 e. The maximum Gasteiger partial charge on any atom is 0.416 e. The van der Waals surface area contributed by atoms with E-state index in [-0.39, 0.29) is 23.8 Å². The van der Waals surface area contributed by atoms with E-state index in [0.29, 0.717) is 5.69 Å². The number of thiazole rings is 1. The summed E-state index contributed by atoms with van der Waals surface area (Å²) in [5.41, 5.74) is 1.08. The number of benzene rings is 1. The van der Waals surface area contributed by atoms with Gasteiger partial charge in [-0.15, -0.1) is 11.3 Å². The normalized spacial score (nSPS) is 11.8. The summed E-state index contributed by atoms with van der Waals surface area (Å²) in [6.07, 6.45) is 3.59. The van der Waals surface area contributed by atoms with Crippen LogP contribution in [0.15, 0.2) is 83.5 Å². The number of hydrogen-bond acceptors (Lipinski definition) is 9. The third kappa shape index (κ3) is 7.93. The topological polar surface area (TPSA) is 143 Å². The lowest BCUT2D eigenvalue weighted by Gasteiger charge is -2.26. The number of carboxylic acid groups (broad SMARTS) is 1. The minimum atomic E-state index is -4.02. The number of carbonyl (C=O) groups excluding carboxylic acids is 1. The van der Waals surface area contributed by atoms with Crippen LogP contribution in [0.25, 0.3) is 10.6 Å². The van der Waals surface area contributed by atoms with Gasteiger partial charge in [0.2, 0.25) is 10.0 Å². The SMILES string of the molecule is CC(C)(C)OC(=O)N(CC(=O)O)c1cccc(CN(Cc2ccc(-c3nccs3)cc2)S(=O)(=O)c2cccnc2)n1. The molecule has 4 aromatic rings. The minimum absolute atomic E-state index is 0.0109. The zero-order chi connectivity index (χ0) is 29.6. The van der Waals surface area contributed by atoms with E-state index in [9.17, 15) is 23.1 Å². The van der Waals surface area contributed by atoms with E-state index < -0.39 is 34.2 Å². The molecule has 3 aromatic heterocycles. The fourth-order valence-corrected chi connectivity index (χ4v) is 5.78. The van der Waals surface area contributed by atoms with Crippen LogP contribution in [0.2, 0.25) is 0 Å². The first-order valence-electron chi connectivity index (χ1n) is 12.5. The molecule has 11 nitrogen and oxygen atoms in total. The van der Waals surface area contributed by atoms with Crippen molar-refractivity contribution in [2.24, 2.45) is 0 Å². The van der Waals surface area contributed by atoms with Gasteiger partial charge in [-0.1, -0.05) is 30.3 Å². The highest BCUT2D eigenvalue weighted by Crippen LogP contribution is 2.25. The highest BCUT2D eigenvalue weighted by molar-refractivity contribution is 7.89. The molecular weight excluding hydrogens is 566 g/mol. The number of anilines is 1. The van der Waals surface area contributed by atoms with Gasteiger partial charge < -0.3 is 9.84 Å². The van der Waals surface area contributed by atoms with Gasteiger partial charge in [-0.2, -0.15) is 4.31 Å². The maximum atomic E-state index is 13.7. The first-order chi connectivity index (χ1) is 19.4. The summed E-state index contributed by atoms with van der Waals surface area (Å²) in [5, 5.41) is 12.1. The first-order valence-corrected chi connectivity index (χ1v) is 14.8. The Labute approximate surface area is 242 Å². The summed E-state index contributed by atoms with van der Waals surface area (Å²) in [5.74, 6) is -1.24. The number of aromatic nitrogens is 3. The lowest BCUT2D eigenvalue weighted by Crippen LogP contribution is -2.40. The van der Waals surface area contributed by atoms with Crippen molar-refractivity contribution in [2.75, 3.05) is 11.4 Å². The van der Waals surface area contributed by atoms with Crippen LogP contribution < -0.4 is 4.90 Å². The molecule has 13 heteroatoms. The second-order valence-corrected chi connectivity index (χ2v) is 12.8. The molecule has 0 fully saturated rings. The Balaban J connectivity index is 1.66. The van der Waals surface area contributed by atoms with Crippen molar-refractivity contribution >= 4 is 39.2 Å². The van der Waals surface area contributed by atoms with Crippen molar-refractivity contribution in [3.63, 3.8) is 0 Å². The van der Waals surface area contributed by atoms with Crippen LogP contribution >= 0.6 is 11.3 Å². The Morgan fingerprint density at radius 2 is 1.76 bits per heavy atom. The highest BCUT2D eigenvalue weighted by Gasteiger charge is 2.28. The lowest BCUT2D eigenvalue weighted by atomic mass is 10.1. The molecule has 41 heavy (non-hydrogen) atoms. The highest BCUT2D eigenvalue weighted by atomic mass is 32.2. The largest absolute Gasteiger partial charge is 0.480 e. The molecule has 214 valence electrons. The fourth-order valence-electron chi connectivity index (χ4n) is 3.77. The van der Waals surface area contributed by atoms with E-state index in [2.05, 4.69) is 15.0 Å². The van der Waals surface area contributed by atoms with Crippen LogP contribution in [0.1, 0.15) is 32.0 Å². The molecule has 0 aliphatic heterocycles. The molecule has 1 N–H and O–H groups in total. The number of aliphatic carboxylic acids is 1. The van der Waals surface area contributed by atoms with Gasteiger partial charge in [0, 0.05) is 36.1 Å². The van der Waals surface area contributed by atoms with Crippen LogP contribution in [-0.2, 0) is 32.6 Å². The number of carboxylic acids is 1. The number of rotatable bonds is 10. The van der Waals surface area contributed by atoms with Crippen molar-refractivity contribution < 1.29 is 27.9 Å². The van der Waals surface area contributed by atoms with Gasteiger partial charge in [0.05, 0.1) is 12.2 Å². The molecule has 0 aliphatic rings. The zero-order valence-electron chi connectivity index (χ0n) is 22.7. The molecule has 1 aromatic carbocycles. The van der Waals surface area contributed by atoms with E-state index in [4.69, 9.17) is 4.74 Å². The molecule has 0 saturated carbocycles. The van der Waals surface area contributed by atoms with Crippen LogP contribution in [0.4, 0.5) is 10.6 Å². The monoisotopic (exact) mass is 595 g/mol. The van der Waals surface area contributed by atoms with E-state index in [1.165, 1.54) is 46.2 Å². The predicted molar refractivity (Wildman–Crippen MR) is 154 cm³/mol. The predicted octanol–water partition coefficient (Wildman–Crippen LogP) is 4.82. The molecule has 0 bridgehead atoms. The fraction of sp³-hybridized carbons (Fsp3) is 0.250. The van der Waals surface area contributed by atoms with Gasteiger partial charge in [0.15, 0.2) is 0 Å². The smallest absolute Gasteiger partial charge is 0.416 e. The number of hydrogen-bond donors (Lipinski definition) is 1. The van der Waals surface area contributed by atoms with Gasteiger partial charge in [0.25, 0.3) is 0 Å². The van der Waals surface area contributed by atoms with Crippen LogP contribution in [0.3, 0.4) is 0 Å². The van der Waals surface area contributed by atoms with Crippen molar-refractivity contribution in [3.05, 3.63) is 89.8 Å². The molecule has 0 spiro atoms. The second-order valence-electron chi connectivity index (χ2n) is 9.94. The number of amides is 1. The Kier molecular flexibility index (Phi) is 9.11. The van der Waals surface area contributed by atoms with E-state index in [1.807, 2.05) is 29.6 Å². The summed E-state index contributed by atoms with van der Waals surface area (Å²) in [7, 11) is -4.02. The average Bonchev–Trinajstić information content (AvgIpc) is 3.46. The van der Waals surface area contributed by atoms with Gasteiger partial charge >= 0.3 is 12.1 Å². The molecular formula is C28H29N5O6S2. The molecule has 4 rings (SSSR count). The Bertz CT molecular complexity index is 1590. The summed E-state index contributed by atoms with van der Waals surface area (Å²) in [4.78, 5) is 38.0. The number of carbonyl (C=O) groups is 2. The van der Waals surface area contributed by atoms with Gasteiger partial charge in [-0.3, -0.25) is 14.7 Å². The van der Waals surface area contributed by atoms with E-state index >= 15 is 0 Å². The number of sulfonamides is 1. The third-order valence-corrected chi connectivity index (χ3v) is 8.18. The number of nitrogens with zero attached hydrogens (tertiary/aromatic N) is 5. The molecule has 0 aliphatic carbocycles. The molecule has 0 radical (unpaired) electrons. The molecule has 3 heterocycles. The van der Waals surface area contributed by atoms with Crippen molar-refractivity contribution in [2.45, 2.75) is 44.4 Å². The number of pyridine rings is 2. The first kappa shape index (κ1) is 29.8. The lowest BCUT2D eigenvalue weighted by molar-refractivity contribution is -0.135. The summed E-state index contributed by atoms with van der Waals surface area (Å²) in [6, 6.07) is 15.1. The van der Waals surface area contributed by atoms with Crippen molar-refractivity contribution in [1.82, 2.24) is 19.3 Å². The second kappa shape index (κ2) is 12.5. The molecule has 0 unspecified atom stereocenters. The van der Waals surface area contributed by atoms with Crippen molar-refractivity contribution in [1.29, 1.82) is 0 Å². The molecule has 1 amide bonds. The quantitative estimate of drug-likeness (QED) is 0.273. The Hall–Kier alpha value is -4.20.